The predicted molar refractivity (Wildman–Crippen MR) is 129 cm³/mol. The van der Waals surface area contributed by atoms with E-state index >= 15 is 0 Å². The van der Waals surface area contributed by atoms with Crippen molar-refractivity contribution in [2.45, 2.75) is 44.4 Å². The van der Waals surface area contributed by atoms with E-state index in [1.165, 1.54) is 6.92 Å². The van der Waals surface area contributed by atoms with Gasteiger partial charge in [0.05, 0.1) is 21.0 Å². The molecule has 0 fully saturated rings. The minimum atomic E-state index is -3.86. The van der Waals surface area contributed by atoms with E-state index in [4.69, 9.17) is 5.73 Å². The summed E-state index contributed by atoms with van der Waals surface area (Å²) in [7, 11) is -3.86. The molecule has 0 aliphatic rings. The number of sulfone groups is 1. The van der Waals surface area contributed by atoms with Gasteiger partial charge < -0.3 is 10.3 Å². The van der Waals surface area contributed by atoms with Gasteiger partial charge in [0, 0.05) is 22.3 Å². The highest BCUT2D eigenvalue weighted by Gasteiger charge is 2.28. The summed E-state index contributed by atoms with van der Waals surface area (Å²) in [6, 6.07) is 16.3. The third kappa shape index (κ3) is 3.31. The minimum Gasteiger partial charge on any atom is -0.397 e. The summed E-state index contributed by atoms with van der Waals surface area (Å²) in [6.45, 7) is 9.11. The molecule has 3 aromatic carbocycles. The molecule has 0 atom stereocenters. The summed E-state index contributed by atoms with van der Waals surface area (Å²) in [5.74, 6) is -0.158. The van der Waals surface area contributed by atoms with Gasteiger partial charge in [-0.3, -0.25) is 4.79 Å². The zero-order chi connectivity index (χ0) is 23.4. The fourth-order valence-electron chi connectivity index (χ4n) is 4.31. The lowest BCUT2D eigenvalue weighted by molar-refractivity contribution is 0.101. The standard InChI is InChI=1S/C26H26N2O3S/c1-15-6-10-20(11-7-15)28-18(4)23(19(5)29)24-25(27)22(14-17(3)26(24)28)32(30,31)21-12-8-16(2)9-13-21/h6-14H,27H2,1-5H3. The monoisotopic (exact) mass is 446 g/mol. The second kappa shape index (κ2) is 7.64. The maximum Gasteiger partial charge on any atom is 0.208 e. The lowest BCUT2D eigenvalue weighted by Crippen LogP contribution is -2.08. The smallest absolute Gasteiger partial charge is 0.208 e. The van der Waals surface area contributed by atoms with Gasteiger partial charge in [0.2, 0.25) is 9.84 Å². The first-order chi connectivity index (χ1) is 15.0. The topological polar surface area (TPSA) is 82.2 Å². The van der Waals surface area contributed by atoms with Crippen LogP contribution in [0.15, 0.2) is 64.4 Å². The molecule has 1 aromatic heterocycles. The van der Waals surface area contributed by atoms with Crippen molar-refractivity contribution in [3.63, 3.8) is 0 Å². The van der Waals surface area contributed by atoms with Crippen LogP contribution in [-0.4, -0.2) is 18.8 Å². The second-order valence-electron chi connectivity index (χ2n) is 8.33. The number of aryl methyl sites for hydroxylation is 3. The zero-order valence-corrected chi connectivity index (χ0v) is 19.7. The Balaban J connectivity index is 2.10. The molecule has 0 saturated carbocycles. The van der Waals surface area contributed by atoms with Gasteiger partial charge in [-0.15, -0.1) is 0 Å². The molecule has 5 nitrogen and oxygen atoms in total. The quantitative estimate of drug-likeness (QED) is 0.332. The number of hydrogen-bond donors (Lipinski definition) is 1. The molecule has 0 aliphatic heterocycles. The number of carbonyl (C=O) groups is 1. The number of nitrogens with two attached hydrogens (primary N) is 1. The van der Waals surface area contributed by atoms with Crippen molar-refractivity contribution in [1.29, 1.82) is 0 Å². The third-order valence-electron chi connectivity index (χ3n) is 5.93. The van der Waals surface area contributed by atoms with Crippen molar-refractivity contribution >= 4 is 32.2 Å². The molecular weight excluding hydrogens is 420 g/mol. The van der Waals surface area contributed by atoms with Gasteiger partial charge in [0.25, 0.3) is 0 Å². The Hall–Kier alpha value is -3.38. The molecule has 0 spiro atoms. The van der Waals surface area contributed by atoms with Gasteiger partial charge in [0.15, 0.2) is 5.78 Å². The number of benzene rings is 3. The third-order valence-corrected chi connectivity index (χ3v) is 7.74. The largest absolute Gasteiger partial charge is 0.397 e. The Morgan fingerprint density at radius 3 is 1.94 bits per heavy atom. The Bertz CT molecular complexity index is 1480. The summed E-state index contributed by atoms with van der Waals surface area (Å²) in [5.41, 5.74) is 12.3. The van der Waals surface area contributed by atoms with E-state index < -0.39 is 9.84 Å². The second-order valence-corrected chi connectivity index (χ2v) is 10.3. The Kier molecular flexibility index (Phi) is 5.21. The first kappa shape index (κ1) is 21.8. The number of nitrogens with zero attached hydrogens (tertiary/aromatic N) is 1. The van der Waals surface area contributed by atoms with Gasteiger partial charge >= 0.3 is 0 Å². The number of rotatable bonds is 4. The molecule has 6 heteroatoms. The lowest BCUT2D eigenvalue weighted by atomic mass is 10.0. The number of aromatic nitrogens is 1. The lowest BCUT2D eigenvalue weighted by Gasteiger charge is -2.14. The molecular formula is C26H26N2O3S. The van der Waals surface area contributed by atoms with E-state index in [2.05, 4.69) is 0 Å². The zero-order valence-electron chi connectivity index (χ0n) is 18.9. The molecule has 4 aromatic rings. The molecule has 2 N–H and O–H groups in total. The molecule has 32 heavy (non-hydrogen) atoms. The average Bonchev–Trinajstić information content (AvgIpc) is 3.05. The van der Waals surface area contributed by atoms with Crippen LogP contribution in [0.5, 0.6) is 0 Å². The molecule has 0 saturated heterocycles. The number of Topliss-reactive ketones (excluding diaryl/α,β-unsaturated/α-hetero) is 1. The van der Waals surface area contributed by atoms with Crippen molar-refractivity contribution < 1.29 is 13.2 Å². The van der Waals surface area contributed by atoms with Crippen LogP contribution in [-0.2, 0) is 9.84 Å². The Labute approximate surface area is 188 Å². The van der Waals surface area contributed by atoms with Crippen LogP contribution in [0.25, 0.3) is 16.6 Å². The van der Waals surface area contributed by atoms with Crippen molar-refractivity contribution in [2.24, 2.45) is 0 Å². The Morgan fingerprint density at radius 2 is 1.41 bits per heavy atom. The number of anilines is 1. The average molecular weight is 447 g/mol. The van der Waals surface area contributed by atoms with Gasteiger partial charge in [-0.25, -0.2) is 8.42 Å². The normalized spacial score (nSPS) is 11.8. The fraction of sp³-hybridized carbons (Fsp3) is 0.192. The highest BCUT2D eigenvalue weighted by Crippen LogP contribution is 2.40. The SMILES string of the molecule is CC(=O)c1c(C)n(-c2ccc(C)cc2)c2c(C)cc(S(=O)(=O)c3ccc(C)cc3)c(N)c12. The molecule has 0 unspecified atom stereocenters. The summed E-state index contributed by atoms with van der Waals surface area (Å²) >= 11 is 0. The predicted octanol–water partition coefficient (Wildman–Crippen LogP) is 5.48. The van der Waals surface area contributed by atoms with Crippen LogP contribution in [0.1, 0.15) is 39.7 Å². The first-order valence-corrected chi connectivity index (χ1v) is 11.9. The highest BCUT2D eigenvalue weighted by molar-refractivity contribution is 7.91. The van der Waals surface area contributed by atoms with Crippen LogP contribution in [0.2, 0.25) is 0 Å². The highest BCUT2D eigenvalue weighted by atomic mass is 32.2. The van der Waals surface area contributed by atoms with Gasteiger partial charge in [-0.2, -0.15) is 0 Å². The number of nitrogen functional groups attached to an aromatic ring is 1. The van der Waals surface area contributed by atoms with Crippen LogP contribution in [0, 0.1) is 27.7 Å². The summed E-state index contributed by atoms with van der Waals surface area (Å²) < 4.78 is 28.9. The summed E-state index contributed by atoms with van der Waals surface area (Å²) in [4.78, 5) is 12.9. The molecule has 0 radical (unpaired) electrons. The van der Waals surface area contributed by atoms with Crippen LogP contribution >= 0.6 is 0 Å². The van der Waals surface area contributed by atoms with E-state index in [0.717, 1.165) is 33.6 Å². The number of fused-ring (bicyclic) bond motifs is 1. The summed E-state index contributed by atoms with van der Waals surface area (Å²) in [6.07, 6.45) is 0. The van der Waals surface area contributed by atoms with Crippen LogP contribution < -0.4 is 5.73 Å². The van der Waals surface area contributed by atoms with Gasteiger partial charge in [0.1, 0.15) is 0 Å². The van der Waals surface area contributed by atoms with E-state index in [9.17, 15) is 13.2 Å². The maximum atomic E-state index is 13.5. The van der Waals surface area contributed by atoms with Crippen molar-refractivity contribution in [1.82, 2.24) is 4.57 Å². The minimum absolute atomic E-state index is 0.0231. The van der Waals surface area contributed by atoms with E-state index in [0.29, 0.717) is 10.9 Å². The Morgan fingerprint density at radius 1 is 0.875 bits per heavy atom. The molecule has 4 rings (SSSR count). The molecule has 0 amide bonds. The van der Waals surface area contributed by atoms with Crippen LogP contribution in [0.3, 0.4) is 0 Å². The molecule has 0 bridgehead atoms. The van der Waals surface area contributed by atoms with Crippen molar-refractivity contribution in [2.75, 3.05) is 5.73 Å². The fourth-order valence-corrected chi connectivity index (χ4v) is 5.78. The maximum absolute atomic E-state index is 13.5. The first-order valence-electron chi connectivity index (χ1n) is 10.4. The number of hydrogen-bond acceptors (Lipinski definition) is 4. The van der Waals surface area contributed by atoms with E-state index in [-0.39, 0.29) is 21.3 Å². The summed E-state index contributed by atoms with van der Waals surface area (Å²) in [5, 5.41) is 0.487. The van der Waals surface area contributed by atoms with Crippen molar-refractivity contribution in [3.05, 3.63) is 82.5 Å². The van der Waals surface area contributed by atoms with Crippen LogP contribution in [0.4, 0.5) is 5.69 Å². The van der Waals surface area contributed by atoms with Gasteiger partial charge in [-0.1, -0.05) is 35.4 Å². The van der Waals surface area contributed by atoms with E-state index in [1.807, 2.05) is 56.5 Å². The molecule has 1 heterocycles. The molecule has 164 valence electrons. The van der Waals surface area contributed by atoms with Crippen molar-refractivity contribution in [3.8, 4) is 5.69 Å². The van der Waals surface area contributed by atoms with Gasteiger partial charge in [-0.05, 0) is 70.5 Å². The number of carbonyl (C=O) groups excluding carboxylic acids is 1. The molecule has 0 aliphatic carbocycles. The number of ketones is 1. The van der Waals surface area contributed by atoms with E-state index in [1.54, 1.807) is 30.3 Å².